The summed E-state index contributed by atoms with van der Waals surface area (Å²) in [6.45, 7) is 1.71. The highest BCUT2D eigenvalue weighted by Crippen LogP contribution is 2.36. The Balaban J connectivity index is 2.74. The topological polar surface area (TPSA) is 79.8 Å². The van der Waals surface area contributed by atoms with E-state index in [-0.39, 0.29) is 21.9 Å². The van der Waals surface area contributed by atoms with Crippen molar-refractivity contribution in [2.45, 2.75) is 6.92 Å². The molecule has 0 spiro atoms. The van der Waals surface area contributed by atoms with Gasteiger partial charge in [-0.1, -0.05) is 23.7 Å². The van der Waals surface area contributed by atoms with E-state index in [0.29, 0.717) is 11.1 Å². The molecule has 0 saturated heterocycles. The molecule has 0 radical (unpaired) electrons. The molecule has 0 aliphatic heterocycles. The maximum Gasteiger partial charge on any atom is 0.278 e. The molecule has 104 valence electrons. The Bertz CT molecular complexity index is 764. The Morgan fingerprint density at radius 1 is 1.33 bits per heavy atom. The van der Waals surface area contributed by atoms with Gasteiger partial charge in [-0.05, 0) is 30.2 Å². The van der Waals surface area contributed by atoms with Crippen molar-refractivity contribution < 1.29 is 4.92 Å². The van der Waals surface area contributed by atoms with Crippen molar-refractivity contribution in [1.82, 2.24) is 4.98 Å². The number of nitriles is 1. The summed E-state index contributed by atoms with van der Waals surface area (Å²) in [6.07, 6.45) is 3.06. The van der Waals surface area contributed by atoms with Crippen molar-refractivity contribution in [1.29, 1.82) is 5.26 Å². The quantitative estimate of drug-likeness (QED) is 0.488. The van der Waals surface area contributed by atoms with Gasteiger partial charge in [0.05, 0.1) is 21.1 Å². The summed E-state index contributed by atoms with van der Waals surface area (Å²) >= 11 is 6.29. The first kappa shape index (κ1) is 14.7. The number of allylic oxidation sites excluding steroid dienone is 1. The molecule has 0 fully saturated rings. The van der Waals surface area contributed by atoms with Crippen LogP contribution in [0.3, 0.4) is 0 Å². The molecule has 6 heteroatoms. The van der Waals surface area contributed by atoms with Gasteiger partial charge in [-0.3, -0.25) is 15.1 Å². The number of benzene rings is 1. The third-order valence-corrected chi connectivity index (χ3v) is 3.35. The molecule has 1 aromatic carbocycles. The van der Waals surface area contributed by atoms with Crippen molar-refractivity contribution >= 4 is 27.9 Å². The molecule has 5 nitrogen and oxygen atoms in total. The van der Waals surface area contributed by atoms with E-state index in [2.05, 4.69) is 4.98 Å². The highest BCUT2D eigenvalue weighted by atomic mass is 35.5. The van der Waals surface area contributed by atoms with Crippen LogP contribution in [0.1, 0.15) is 16.7 Å². The smallest absolute Gasteiger partial charge is 0.265 e. The summed E-state index contributed by atoms with van der Waals surface area (Å²) < 4.78 is 0. The van der Waals surface area contributed by atoms with E-state index in [4.69, 9.17) is 11.6 Å². The van der Waals surface area contributed by atoms with Crippen molar-refractivity contribution in [3.8, 4) is 6.07 Å². The van der Waals surface area contributed by atoms with Crippen LogP contribution >= 0.6 is 11.6 Å². The lowest BCUT2D eigenvalue weighted by Gasteiger charge is -2.08. The van der Waals surface area contributed by atoms with Crippen LogP contribution in [-0.4, -0.2) is 9.91 Å². The molecule has 0 saturated carbocycles. The number of nitrogens with zero attached hydrogens (tertiary/aromatic N) is 3. The lowest BCUT2D eigenvalue weighted by atomic mass is 10.00. The Kier molecular flexibility index (Phi) is 4.31. The molecular formula is C15H10ClN3O2. The number of pyridine rings is 1. The lowest BCUT2D eigenvalue weighted by Crippen LogP contribution is -1.97. The normalized spacial score (nSPS) is 11.5. The summed E-state index contributed by atoms with van der Waals surface area (Å²) in [4.78, 5) is 14.5. The average Bonchev–Trinajstić information content (AvgIpc) is 2.48. The van der Waals surface area contributed by atoms with E-state index in [1.807, 2.05) is 6.07 Å². The fourth-order valence-corrected chi connectivity index (χ4v) is 2.37. The van der Waals surface area contributed by atoms with E-state index in [0.717, 1.165) is 0 Å². The van der Waals surface area contributed by atoms with Crippen molar-refractivity contribution in [3.05, 3.63) is 69.5 Å². The molecule has 0 unspecified atom stereocenters. The zero-order chi connectivity index (χ0) is 15.4. The van der Waals surface area contributed by atoms with Crippen LogP contribution in [0.25, 0.3) is 10.6 Å². The minimum absolute atomic E-state index is 0.0634. The van der Waals surface area contributed by atoms with E-state index in [9.17, 15) is 15.4 Å². The average molecular weight is 300 g/mol. The van der Waals surface area contributed by atoms with E-state index in [1.165, 1.54) is 18.5 Å². The second-order valence-corrected chi connectivity index (χ2v) is 4.64. The van der Waals surface area contributed by atoms with Crippen LogP contribution in [0, 0.1) is 28.4 Å². The zero-order valence-electron chi connectivity index (χ0n) is 11.1. The summed E-state index contributed by atoms with van der Waals surface area (Å²) in [5.41, 5.74) is 1.52. The SMILES string of the molecule is Cc1cccc([N+](=O)[O-])c1/C(Cl)=C(/C#N)c1ccncc1. The molecule has 0 atom stereocenters. The van der Waals surface area contributed by atoms with Gasteiger partial charge in [0.1, 0.15) is 6.07 Å². The molecular weight excluding hydrogens is 290 g/mol. The van der Waals surface area contributed by atoms with Crippen molar-refractivity contribution in [2.75, 3.05) is 0 Å². The highest BCUT2D eigenvalue weighted by molar-refractivity contribution is 6.54. The molecule has 2 rings (SSSR count). The lowest BCUT2D eigenvalue weighted by molar-refractivity contribution is -0.385. The Hall–Kier alpha value is -2.71. The zero-order valence-corrected chi connectivity index (χ0v) is 11.8. The van der Waals surface area contributed by atoms with E-state index in [1.54, 1.807) is 31.2 Å². The minimum Gasteiger partial charge on any atom is -0.265 e. The fourth-order valence-electron chi connectivity index (χ4n) is 1.97. The molecule has 0 aliphatic carbocycles. The first-order valence-corrected chi connectivity index (χ1v) is 6.38. The summed E-state index contributed by atoms with van der Waals surface area (Å²) in [5, 5.41) is 20.6. The van der Waals surface area contributed by atoms with Crippen LogP contribution in [0.5, 0.6) is 0 Å². The molecule has 0 bridgehead atoms. The molecule has 2 aromatic rings. The predicted octanol–water partition coefficient (Wildman–Crippen LogP) is 3.93. The highest BCUT2D eigenvalue weighted by Gasteiger charge is 2.21. The molecule has 1 aromatic heterocycles. The number of aryl methyl sites for hydroxylation is 1. The maximum absolute atomic E-state index is 11.2. The van der Waals surface area contributed by atoms with Gasteiger partial charge in [0, 0.05) is 18.5 Å². The van der Waals surface area contributed by atoms with E-state index < -0.39 is 4.92 Å². The number of nitro groups is 1. The Morgan fingerprint density at radius 2 is 2.00 bits per heavy atom. The first-order valence-electron chi connectivity index (χ1n) is 6.01. The number of halogens is 1. The van der Waals surface area contributed by atoms with Gasteiger partial charge >= 0.3 is 0 Å². The monoisotopic (exact) mass is 299 g/mol. The van der Waals surface area contributed by atoms with Gasteiger partial charge < -0.3 is 0 Å². The van der Waals surface area contributed by atoms with Crippen molar-refractivity contribution in [3.63, 3.8) is 0 Å². The summed E-state index contributed by atoms with van der Waals surface area (Å²) in [5.74, 6) is 0. The molecule has 0 amide bonds. The Labute approximate surface area is 126 Å². The Morgan fingerprint density at radius 3 is 2.57 bits per heavy atom. The van der Waals surface area contributed by atoms with Gasteiger partial charge in [-0.2, -0.15) is 5.26 Å². The number of rotatable bonds is 3. The third-order valence-electron chi connectivity index (χ3n) is 2.97. The largest absolute Gasteiger partial charge is 0.278 e. The second-order valence-electron chi connectivity index (χ2n) is 4.26. The number of hydrogen-bond acceptors (Lipinski definition) is 4. The van der Waals surface area contributed by atoms with Gasteiger partial charge in [-0.15, -0.1) is 0 Å². The van der Waals surface area contributed by atoms with Crippen LogP contribution in [0.15, 0.2) is 42.7 Å². The number of aromatic nitrogens is 1. The van der Waals surface area contributed by atoms with Crippen molar-refractivity contribution in [2.24, 2.45) is 0 Å². The van der Waals surface area contributed by atoms with Gasteiger partial charge in [0.2, 0.25) is 0 Å². The summed E-state index contributed by atoms with van der Waals surface area (Å²) in [7, 11) is 0. The van der Waals surface area contributed by atoms with Crippen LogP contribution in [0.4, 0.5) is 5.69 Å². The molecule has 21 heavy (non-hydrogen) atoms. The number of nitro benzene ring substituents is 1. The molecule has 0 aliphatic rings. The van der Waals surface area contributed by atoms with Crippen LogP contribution in [-0.2, 0) is 0 Å². The first-order chi connectivity index (χ1) is 10.1. The number of hydrogen-bond donors (Lipinski definition) is 0. The minimum atomic E-state index is -0.508. The fraction of sp³-hybridized carbons (Fsp3) is 0.0667. The second kappa shape index (κ2) is 6.16. The van der Waals surface area contributed by atoms with Gasteiger partial charge in [0.15, 0.2) is 0 Å². The molecule has 1 heterocycles. The molecule has 0 N–H and O–H groups in total. The van der Waals surface area contributed by atoms with Gasteiger partial charge in [0.25, 0.3) is 5.69 Å². The third kappa shape index (κ3) is 2.91. The van der Waals surface area contributed by atoms with Gasteiger partial charge in [-0.25, -0.2) is 0 Å². The summed E-state index contributed by atoms with van der Waals surface area (Å²) in [6, 6.07) is 9.93. The standard InChI is InChI=1S/C15H10ClN3O2/c1-10-3-2-4-13(19(20)21)14(10)15(16)12(9-17)11-5-7-18-8-6-11/h2-8H,1H3/b15-12+. The van der Waals surface area contributed by atoms with Crippen LogP contribution < -0.4 is 0 Å². The van der Waals surface area contributed by atoms with Crippen LogP contribution in [0.2, 0.25) is 0 Å². The van der Waals surface area contributed by atoms with E-state index >= 15 is 0 Å². The maximum atomic E-state index is 11.2. The predicted molar refractivity (Wildman–Crippen MR) is 80.4 cm³/mol.